The summed E-state index contributed by atoms with van der Waals surface area (Å²) >= 11 is 9.33. The number of ether oxygens (including phenoxy) is 1. The highest BCUT2D eigenvalue weighted by Gasteiger charge is 2.30. The number of fused-ring (bicyclic) bond motifs is 1. The van der Waals surface area contributed by atoms with E-state index in [1.807, 2.05) is 34.7 Å². The van der Waals surface area contributed by atoms with Gasteiger partial charge in [0.15, 0.2) is 11.0 Å². The molecule has 0 saturated heterocycles. The Hall–Kier alpha value is -2.03. The Morgan fingerprint density at radius 2 is 2.17 bits per heavy atom. The summed E-state index contributed by atoms with van der Waals surface area (Å²) in [6, 6.07) is 9.65. The maximum Gasteiger partial charge on any atom is 0.233 e. The molecule has 0 bridgehead atoms. The lowest BCUT2D eigenvalue weighted by Gasteiger charge is -2.35. The van der Waals surface area contributed by atoms with E-state index in [1.54, 1.807) is 17.4 Å². The van der Waals surface area contributed by atoms with Crippen molar-refractivity contribution in [2.24, 2.45) is 7.05 Å². The van der Waals surface area contributed by atoms with E-state index in [0.717, 1.165) is 19.4 Å². The Morgan fingerprint density at radius 1 is 1.33 bits per heavy atom. The summed E-state index contributed by atoms with van der Waals surface area (Å²) in [4.78, 5) is 16.4. The van der Waals surface area contributed by atoms with Crippen molar-refractivity contribution in [3.63, 3.8) is 0 Å². The molecule has 1 aromatic carbocycles. The van der Waals surface area contributed by atoms with Crippen LogP contribution in [0.25, 0.3) is 0 Å². The molecule has 3 aromatic rings. The number of para-hydroxylation sites is 1. The number of nitrogens with zero attached hydrogens (tertiary/aromatic N) is 4. The van der Waals surface area contributed by atoms with Crippen LogP contribution in [0, 0.1) is 0 Å². The largest absolute Gasteiger partial charge is 0.484 e. The van der Waals surface area contributed by atoms with Crippen LogP contribution < -0.4 is 4.74 Å². The van der Waals surface area contributed by atoms with Crippen molar-refractivity contribution >= 4 is 40.6 Å². The molecule has 0 aliphatic carbocycles. The standard InChI is InChI=1S/C21H23ClN4O2S2/c1-3-16-14-9-11-29-18(14)8-10-26(16)20(27)13-30-21-24-23-19(25(21)2)12-28-17-7-5-4-6-15(17)22/h4-7,9,11,16H,3,8,10,12-13H2,1-2H3. The predicted octanol–water partition coefficient (Wildman–Crippen LogP) is 4.74. The maximum absolute atomic E-state index is 13.0. The summed E-state index contributed by atoms with van der Waals surface area (Å²) in [6.45, 7) is 3.17. The van der Waals surface area contributed by atoms with Gasteiger partial charge in [-0.2, -0.15) is 0 Å². The molecule has 1 atom stereocenters. The summed E-state index contributed by atoms with van der Waals surface area (Å²) in [7, 11) is 1.88. The van der Waals surface area contributed by atoms with Gasteiger partial charge < -0.3 is 14.2 Å². The molecule has 158 valence electrons. The summed E-state index contributed by atoms with van der Waals surface area (Å²) in [6.07, 6.45) is 1.86. The van der Waals surface area contributed by atoms with Gasteiger partial charge in [-0.05, 0) is 42.0 Å². The molecule has 1 aliphatic heterocycles. The lowest BCUT2D eigenvalue weighted by molar-refractivity contribution is -0.131. The van der Waals surface area contributed by atoms with E-state index >= 15 is 0 Å². The van der Waals surface area contributed by atoms with Gasteiger partial charge in [-0.3, -0.25) is 4.79 Å². The first-order valence-electron chi connectivity index (χ1n) is 9.82. The lowest BCUT2D eigenvalue weighted by Crippen LogP contribution is -2.40. The van der Waals surface area contributed by atoms with Gasteiger partial charge >= 0.3 is 0 Å². The van der Waals surface area contributed by atoms with E-state index in [1.165, 1.54) is 22.2 Å². The van der Waals surface area contributed by atoms with Crippen LogP contribution in [0.5, 0.6) is 5.75 Å². The van der Waals surface area contributed by atoms with E-state index in [0.29, 0.717) is 27.5 Å². The molecule has 6 nitrogen and oxygen atoms in total. The molecule has 9 heteroatoms. The number of amides is 1. The minimum absolute atomic E-state index is 0.139. The topological polar surface area (TPSA) is 60.3 Å². The fraction of sp³-hybridized carbons (Fsp3) is 0.381. The molecule has 1 aliphatic rings. The summed E-state index contributed by atoms with van der Waals surface area (Å²) < 4.78 is 7.61. The molecule has 0 saturated carbocycles. The van der Waals surface area contributed by atoms with Crippen molar-refractivity contribution in [2.75, 3.05) is 12.3 Å². The second kappa shape index (κ2) is 9.41. The zero-order valence-electron chi connectivity index (χ0n) is 16.9. The Kier molecular flexibility index (Phi) is 6.65. The summed E-state index contributed by atoms with van der Waals surface area (Å²) in [5, 5.41) is 11.8. The van der Waals surface area contributed by atoms with E-state index in [2.05, 4.69) is 28.6 Å². The molecule has 0 spiro atoms. The fourth-order valence-electron chi connectivity index (χ4n) is 3.64. The highest BCUT2D eigenvalue weighted by Crippen LogP contribution is 2.35. The summed E-state index contributed by atoms with van der Waals surface area (Å²) in [5.74, 6) is 1.76. The van der Waals surface area contributed by atoms with Crippen molar-refractivity contribution < 1.29 is 9.53 Å². The molecular weight excluding hydrogens is 440 g/mol. The smallest absolute Gasteiger partial charge is 0.233 e. The molecule has 0 fully saturated rings. The molecule has 0 N–H and O–H groups in total. The quantitative estimate of drug-likeness (QED) is 0.475. The molecule has 1 unspecified atom stereocenters. The monoisotopic (exact) mass is 462 g/mol. The third-order valence-electron chi connectivity index (χ3n) is 5.25. The molecular formula is C21H23ClN4O2S2. The van der Waals surface area contributed by atoms with Crippen LogP contribution in [-0.2, 0) is 24.9 Å². The van der Waals surface area contributed by atoms with Gasteiger partial charge in [0.1, 0.15) is 12.4 Å². The van der Waals surface area contributed by atoms with Crippen LogP contribution in [0.15, 0.2) is 40.9 Å². The van der Waals surface area contributed by atoms with Gasteiger partial charge in [-0.1, -0.05) is 42.4 Å². The van der Waals surface area contributed by atoms with E-state index in [9.17, 15) is 4.79 Å². The van der Waals surface area contributed by atoms with Crippen molar-refractivity contribution in [3.8, 4) is 5.75 Å². The Balaban J connectivity index is 1.36. The molecule has 30 heavy (non-hydrogen) atoms. The van der Waals surface area contributed by atoms with Gasteiger partial charge in [0.05, 0.1) is 16.8 Å². The highest BCUT2D eigenvalue weighted by molar-refractivity contribution is 7.99. The maximum atomic E-state index is 13.0. The van der Waals surface area contributed by atoms with E-state index in [-0.39, 0.29) is 18.6 Å². The van der Waals surface area contributed by atoms with Crippen LogP contribution in [0.3, 0.4) is 0 Å². The SMILES string of the molecule is CCC1c2ccsc2CCN1C(=O)CSc1nnc(COc2ccccc2Cl)n1C. The molecule has 0 radical (unpaired) electrons. The first kappa shape index (κ1) is 21.2. The molecule has 3 heterocycles. The molecule has 2 aromatic heterocycles. The van der Waals surface area contributed by atoms with Gasteiger partial charge in [0, 0.05) is 18.5 Å². The normalized spacial score (nSPS) is 15.8. The zero-order valence-corrected chi connectivity index (χ0v) is 19.3. The molecule has 1 amide bonds. The van der Waals surface area contributed by atoms with Gasteiger partial charge in [-0.25, -0.2) is 0 Å². The van der Waals surface area contributed by atoms with Crippen molar-refractivity contribution in [1.82, 2.24) is 19.7 Å². The third kappa shape index (κ3) is 4.36. The van der Waals surface area contributed by atoms with Crippen LogP contribution >= 0.6 is 34.7 Å². The van der Waals surface area contributed by atoms with Gasteiger partial charge in [0.2, 0.25) is 5.91 Å². The number of carbonyl (C=O) groups is 1. The number of aromatic nitrogens is 3. The van der Waals surface area contributed by atoms with Crippen molar-refractivity contribution in [2.45, 2.75) is 37.6 Å². The number of hydrogen-bond donors (Lipinski definition) is 0. The van der Waals surface area contributed by atoms with Crippen LogP contribution in [-0.4, -0.2) is 37.9 Å². The average molecular weight is 463 g/mol. The number of carbonyl (C=O) groups excluding carboxylic acids is 1. The number of hydrogen-bond acceptors (Lipinski definition) is 6. The van der Waals surface area contributed by atoms with Crippen LogP contribution in [0.4, 0.5) is 0 Å². The third-order valence-corrected chi connectivity index (χ3v) is 7.56. The first-order chi connectivity index (χ1) is 14.6. The number of thioether (sulfide) groups is 1. The number of thiophene rings is 1. The first-order valence-corrected chi connectivity index (χ1v) is 12.1. The lowest BCUT2D eigenvalue weighted by atomic mass is 9.98. The van der Waals surface area contributed by atoms with Crippen LogP contribution in [0.2, 0.25) is 5.02 Å². The van der Waals surface area contributed by atoms with E-state index in [4.69, 9.17) is 16.3 Å². The van der Waals surface area contributed by atoms with Crippen molar-refractivity contribution in [3.05, 3.63) is 57.0 Å². The average Bonchev–Trinajstić information content (AvgIpc) is 3.37. The Bertz CT molecular complexity index is 1040. The van der Waals surface area contributed by atoms with E-state index < -0.39 is 0 Å². The second-order valence-electron chi connectivity index (χ2n) is 7.03. The minimum Gasteiger partial charge on any atom is -0.484 e. The second-order valence-corrected chi connectivity index (χ2v) is 9.38. The van der Waals surface area contributed by atoms with Gasteiger partial charge in [-0.15, -0.1) is 21.5 Å². The minimum atomic E-state index is 0.139. The highest BCUT2D eigenvalue weighted by atomic mass is 35.5. The fourth-order valence-corrected chi connectivity index (χ4v) is 5.58. The summed E-state index contributed by atoms with van der Waals surface area (Å²) in [5.41, 5.74) is 1.31. The molecule has 4 rings (SSSR count). The van der Waals surface area contributed by atoms with Crippen molar-refractivity contribution in [1.29, 1.82) is 0 Å². The van der Waals surface area contributed by atoms with Crippen LogP contribution in [0.1, 0.15) is 35.7 Å². The number of halogens is 1. The Labute approximate surface area is 189 Å². The zero-order chi connectivity index (χ0) is 21.1. The predicted molar refractivity (Wildman–Crippen MR) is 120 cm³/mol. The number of rotatable bonds is 7. The van der Waals surface area contributed by atoms with Gasteiger partial charge in [0.25, 0.3) is 0 Å². The Morgan fingerprint density at radius 3 is 2.97 bits per heavy atom. The number of benzene rings is 1.